The molecule has 2 rings (SSSR count). The Morgan fingerprint density at radius 3 is 1.81 bits per heavy atom. The first-order valence-electron chi connectivity index (χ1n) is 4.70. The molecule has 0 spiro atoms. The van der Waals surface area contributed by atoms with Crippen molar-refractivity contribution in [2.75, 3.05) is 0 Å². The Kier molecular flexibility index (Phi) is 4.60. The molecule has 0 bridgehead atoms. The lowest BCUT2D eigenvalue weighted by atomic mass is 10.2. The van der Waals surface area contributed by atoms with E-state index in [1.165, 1.54) is 12.1 Å². The Labute approximate surface area is 93.6 Å². The normalized spacial score (nSPS) is 8.75. The van der Waals surface area contributed by atoms with E-state index in [1.807, 2.05) is 6.07 Å². The molecule has 0 aliphatic carbocycles. The van der Waals surface area contributed by atoms with Crippen molar-refractivity contribution in [1.82, 2.24) is 0 Å². The number of aromatic hydroxyl groups is 2. The molecule has 0 unspecified atom stereocenters. The molecule has 0 fully saturated rings. The number of hydrogen-bond donors (Lipinski definition) is 2. The molecule has 3 heteroatoms. The molecule has 0 aliphatic rings. The van der Waals surface area contributed by atoms with Crippen LogP contribution in [0, 0.1) is 0 Å². The zero-order valence-electron chi connectivity index (χ0n) is 8.58. The van der Waals surface area contributed by atoms with Gasteiger partial charge < -0.3 is 10.2 Å². The fraction of sp³-hybridized carbons (Fsp3) is 0. The highest BCUT2D eigenvalue weighted by molar-refractivity contribution is 5.75. The summed E-state index contributed by atoms with van der Waals surface area (Å²) in [7, 11) is 0. The number of benzene rings is 2. The van der Waals surface area contributed by atoms with E-state index in [9.17, 15) is 4.79 Å². The minimum Gasteiger partial charge on any atom is -0.508 e. The van der Waals surface area contributed by atoms with Crippen LogP contribution in [0.1, 0.15) is 10.4 Å². The van der Waals surface area contributed by atoms with E-state index in [2.05, 4.69) is 0 Å². The van der Waals surface area contributed by atoms with Crippen LogP contribution in [0.5, 0.6) is 11.5 Å². The second-order valence-corrected chi connectivity index (χ2v) is 3.05. The van der Waals surface area contributed by atoms with Crippen LogP contribution in [0.4, 0.5) is 0 Å². The van der Waals surface area contributed by atoms with Gasteiger partial charge in [0, 0.05) is 5.56 Å². The molecule has 0 saturated carbocycles. The van der Waals surface area contributed by atoms with Crippen LogP contribution in [0.2, 0.25) is 0 Å². The summed E-state index contributed by atoms with van der Waals surface area (Å²) in [6.45, 7) is 0. The van der Waals surface area contributed by atoms with E-state index in [4.69, 9.17) is 10.2 Å². The summed E-state index contributed by atoms with van der Waals surface area (Å²) in [5.74, 6) is 0.446. The molecular weight excluding hydrogens is 204 g/mol. The van der Waals surface area contributed by atoms with Gasteiger partial charge in [-0.15, -0.1) is 0 Å². The third-order valence-corrected chi connectivity index (χ3v) is 1.76. The number of para-hydroxylation sites is 1. The predicted octanol–water partition coefficient (Wildman–Crippen LogP) is 2.60. The van der Waals surface area contributed by atoms with Crippen molar-refractivity contribution < 1.29 is 15.0 Å². The van der Waals surface area contributed by atoms with Crippen molar-refractivity contribution >= 4 is 6.29 Å². The monoisotopic (exact) mass is 216 g/mol. The van der Waals surface area contributed by atoms with Crippen LogP contribution >= 0.6 is 0 Å². The molecule has 3 nitrogen and oxygen atoms in total. The van der Waals surface area contributed by atoms with Crippen LogP contribution < -0.4 is 0 Å². The molecule has 82 valence electrons. The Bertz CT molecular complexity index is 438. The van der Waals surface area contributed by atoms with Gasteiger partial charge in [0.2, 0.25) is 0 Å². The van der Waals surface area contributed by atoms with Crippen LogP contribution in [0.15, 0.2) is 54.6 Å². The van der Waals surface area contributed by atoms with Crippen molar-refractivity contribution in [2.24, 2.45) is 0 Å². The van der Waals surface area contributed by atoms with E-state index in [0.29, 0.717) is 17.6 Å². The summed E-state index contributed by atoms with van der Waals surface area (Å²) < 4.78 is 0. The van der Waals surface area contributed by atoms with Gasteiger partial charge >= 0.3 is 0 Å². The van der Waals surface area contributed by atoms with Gasteiger partial charge in [0.25, 0.3) is 0 Å². The Hall–Kier alpha value is -2.29. The summed E-state index contributed by atoms with van der Waals surface area (Å²) in [5, 5.41) is 17.4. The minimum atomic E-state index is 0.125. The summed E-state index contributed by atoms with van der Waals surface area (Å²) in [5.41, 5.74) is 0.495. The molecule has 0 saturated heterocycles. The number of hydrogen-bond acceptors (Lipinski definition) is 3. The Morgan fingerprint density at radius 2 is 1.44 bits per heavy atom. The maximum atomic E-state index is 10.0. The average Bonchev–Trinajstić information content (AvgIpc) is 2.31. The van der Waals surface area contributed by atoms with Gasteiger partial charge in [-0.05, 0) is 24.3 Å². The summed E-state index contributed by atoms with van der Waals surface area (Å²) >= 11 is 0. The number of phenols is 2. The third kappa shape index (κ3) is 4.28. The van der Waals surface area contributed by atoms with Crippen molar-refractivity contribution in [2.45, 2.75) is 0 Å². The van der Waals surface area contributed by atoms with Gasteiger partial charge in [-0.3, -0.25) is 4.79 Å². The predicted molar refractivity (Wildman–Crippen MR) is 61.6 cm³/mol. The molecular formula is C13H12O3. The molecule has 0 atom stereocenters. The maximum absolute atomic E-state index is 10.0. The Balaban J connectivity index is 0.000000165. The van der Waals surface area contributed by atoms with E-state index in [1.54, 1.807) is 36.4 Å². The first kappa shape index (κ1) is 11.8. The van der Waals surface area contributed by atoms with Crippen LogP contribution in [0.3, 0.4) is 0 Å². The van der Waals surface area contributed by atoms with E-state index in [-0.39, 0.29) is 5.75 Å². The average molecular weight is 216 g/mol. The van der Waals surface area contributed by atoms with Gasteiger partial charge in [0.05, 0.1) is 0 Å². The van der Waals surface area contributed by atoms with Gasteiger partial charge in [-0.1, -0.05) is 30.3 Å². The second-order valence-electron chi connectivity index (χ2n) is 3.05. The molecule has 0 aliphatic heterocycles. The summed E-state index contributed by atoms with van der Waals surface area (Å²) in [6.07, 6.45) is 0.694. The van der Waals surface area contributed by atoms with Crippen LogP contribution in [-0.2, 0) is 0 Å². The van der Waals surface area contributed by atoms with Crippen molar-refractivity contribution in [3.05, 3.63) is 60.2 Å². The fourth-order valence-electron chi connectivity index (χ4n) is 1.03. The number of rotatable bonds is 1. The molecule has 0 aromatic heterocycles. The number of carbonyl (C=O) groups is 1. The highest BCUT2D eigenvalue weighted by Crippen LogP contribution is 2.08. The van der Waals surface area contributed by atoms with E-state index in [0.717, 1.165) is 0 Å². The van der Waals surface area contributed by atoms with E-state index >= 15 is 0 Å². The van der Waals surface area contributed by atoms with Crippen molar-refractivity contribution in [1.29, 1.82) is 0 Å². The standard InChI is InChI=1S/C7H6O2.C6H6O/c8-5-6-2-1-3-7(9)4-6;7-6-4-2-1-3-5-6/h1-5,9H;1-5,7H. The van der Waals surface area contributed by atoms with Crippen LogP contribution in [-0.4, -0.2) is 16.5 Å². The number of phenolic OH excluding ortho intramolecular Hbond substituents is 2. The molecule has 16 heavy (non-hydrogen) atoms. The SMILES string of the molecule is O=Cc1cccc(O)c1.Oc1ccccc1. The zero-order valence-corrected chi connectivity index (χ0v) is 8.58. The third-order valence-electron chi connectivity index (χ3n) is 1.76. The fourth-order valence-corrected chi connectivity index (χ4v) is 1.03. The minimum absolute atomic E-state index is 0.125. The Morgan fingerprint density at radius 1 is 0.812 bits per heavy atom. The van der Waals surface area contributed by atoms with Crippen LogP contribution in [0.25, 0.3) is 0 Å². The molecule has 2 N–H and O–H groups in total. The number of aldehydes is 1. The van der Waals surface area contributed by atoms with E-state index < -0.39 is 0 Å². The smallest absolute Gasteiger partial charge is 0.150 e. The first-order valence-corrected chi connectivity index (χ1v) is 4.70. The van der Waals surface area contributed by atoms with Gasteiger partial charge in [0.15, 0.2) is 0 Å². The zero-order chi connectivity index (χ0) is 11.8. The lowest BCUT2D eigenvalue weighted by Gasteiger charge is -1.89. The second kappa shape index (κ2) is 6.24. The lowest BCUT2D eigenvalue weighted by Crippen LogP contribution is -1.75. The summed E-state index contributed by atoms with van der Waals surface area (Å²) in [6, 6.07) is 14.9. The largest absolute Gasteiger partial charge is 0.508 e. The first-order chi connectivity index (χ1) is 7.72. The molecule has 2 aromatic rings. The summed E-state index contributed by atoms with van der Waals surface area (Å²) in [4.78, 5) is 10.0. The molecule has 0 heterocycles. The molecule has 0 radical (unpaired) electrons. The molecule has 2 aromatic carbocycles. The highest BCUT2D eigenvalue weighted by Gasteiger charge is 1.88. The van der Waals surface area contributed by atoms with Crippen molar-refractivity contribution in [3.63, 3.8) is 0 Å². The van der Waals surface area contributed by atoms with Gasteiger partial charge in [-0.25, -0.2) is 0 Å². The van der Waals surface area contributed by atoms with Gasteiger partial charge in [0.1, 0.15) is 17.8 Å². The topological polar surface area (TPSA) is 57.5 Å². The maximum Gasteiger partial charge on any atom is 0.150 e. The molecule has 0 amide bonds. The quantitative estimate of drug-likeness (QED) is 0.720. The number of carbonyl (C=O) groups excluding carboxylic acids is 1. The highest BCUT2D eigenvalue weighted by atomic mass is 16.3. The van der Waals surface area contributed by atoms with Crippen molar-refractivity contribution in [3.8, 4) is 11.5 Å². The lowest BCUT2D eigenvalue weighted by molar-refractivity contribution is 0.112. The van der Waals surface area contributed by atoms with Gasteiger partial charge in [-0.2, -0.15) is 0 Å².